The van der Waals surface area contributed by atoms with E-state index in [1.54, 1.807) is 25.2 Å². The minimum atomic E-state index is -3.33. The first-order valence-corrected chi connectivity index (χ1v) is 11.3. The summed E-state index contributed by atoms with van der Waals surface area (Å²) in [6.45, 7) is 6.36. The summed E-state index contributed by atoms with van der Waals surface area (Å²) < 4.78 is 31.8. The van der Waals surface area contributed by atoms with Crippen molar-refractivity contribution in [1.82, 2.24) is 14.5 Å². The molecule has 3 N–H and O–H groups in total. The second-order valence-electron chi connectivity index (χ2n) is 7.09. The number of benzene rings is 1. The fraction of sp³-hybridized carbons (Fsp3) is 0.579. The van der Waals surface area contributed by atoms with E-state index in [1.807, 2.05) is 24.8 Å². The molecular formula is C19H31N5O4S. The second kappa shape index (κ2) is 10.6. The van der Waals surface area contributed by atoms with Gasteiger partial charge in [0.2, 0.25) is 15.9 Å². The molecule has 1 aliphatic rings. The van der Waals surface area contributed by atoms with Crippen LogP contribution in [0.2, 0.25) is 0 Å². The smallest absolute Gasteiger partial charge is 0.248 e. The first-order valence-electron chi connectivity index (χ1n) is 9.66. The molecule has 0 bridgehead atoms. The molecule has 1 aliphatic heterocycles. The highest BCUT2D eigenvalue weighted by molar-refractivity contribution is 7.89. The van der Waals surface area contributed by atoms with Crippen molar-refractivity contribution in [2.75, 3.05) is 45.6 Å². The zero-order valence-corrected chi connectivity index (χ0v) is 18.1. The number of guanidine groups is 1. The van der Waals surface area contributed by atoms with Gasteiger partial charge in [0.25, 0.3) is 0 Å². The summed E-state index contributed by atoms with van der Waals surface area (Å²) in [6.07, 6.45) is 0.0140. The van der Waals surface area contributed by atoms with Gasteiger partial charge in [0.1, 0.15) is 0 Å². The Morgan fingerprint density at radius 1 is 1.28 bits per heavy atom. The van der Waals surface area contributed by atoms with Crippen LogP contribution in [0.5, 0.6) is 0 Å². The van der Waals surface area contributed by atoms with Crippen LogP contribution in [-0.4, -0.2) is 81.2 Å². The summed E-state index contributed by atoms with van der Waals surface area (Å²) in [4.78, 5) is 17.6. The third-order valence-corrected chi connectivity index (χ3v) is 6.43. The molecule has 29 heavy (non-hydrogen) atoms. The summed E-state index contributed by atoms with van der Waals surface area (Å²) in [6, 6.07) is 7.10. The Morgan fingerprint density at radius 2 is 1.97 bits per heavy atom. The second-order valence-corrected chi connectivity index (χ2v) is 9.18. The number of nitrogens with two attached hydrogens (primary N) is 1. The maximum Gasteiger partial charge on any atom is 0.248 e. The summed E-state index contributed by atoms with van der Waals surface area (Å²) in [5.41, 5.74) is 6.69. The molecule has 0 radical (unpaired) electrons. The molecule has 0 unspecified atom stereocenters. The average molecular weight is 426 g/mol. The standard InChI is InChI=1S/C19H31N5O4S/c1-15(2)28-11-12-29(26,27)24-9-7-23(8-10-24)19(21-3)22-14-16-5-4-6-17(13-16)18(20)25/h4-6,13,15H,7-12,14H2,1-3H3,(H2,20,25)(H,21,22). The van der Waals surface area contributed by atoms with Gasteiger partial charge >= 0.3 is 0 Å². The van der Waals surface area contributed by atoms with Crippen LogP contribution >= 0.6 is 0 Å². The van der Waals surface area contributed by atoms with Crippen LogP contribution in [0.4, 0.5) is 0 Å². The first-order chi connectivity index (χ1) is 13.7. The first kappa shape index (κ1) is 23.1. The Morgan fingerprint density at radius 3 is 2.55 bits per heavy atom. The SMILES string of the molecule is CN=C(NCc1cccc(C(N)=O)c1)N1CCN(S(=O)(=O)CCOC(C)C)CC1. The van der Waals surface area contributed by atoms with Crippen molar-refractivity contribution in [1.29, 1.82) is 0 Å². The Kier molecular flexibility index (Phi) is 8.42. The lowest BCUT2D eigenvalue weighted by molar-refractivity contribution is 0.0904. The summed E-state index contributed by atoms with van der Waals surface area (Å²) in [5, 5.41) is 3.26. The number of nitrogens with one attached hydrogen (secondary N) is 1. The van der Waals surface area contributed by atoms with Crippen molar-refractivity contribution >= 4 is 21.9 Å². The summed E-state index contributed by atoms with van der Waals surface area (Å²) in [7, 11) is -1.64. The number of hydrogen-bond acceptors (Lipinski definition) is 5. The highest BCUT2D eigenvalue weighted by Gasteiger charge is 2.28. The number of amides is 1. The van der Waals surface area contributed by atoms with E-state index < -0.39 is 15.9 Å². The Balaban J connectivity index is 1.87. The number of sulfonamides is 1. The van der Waals surface area contributed by atoms with Crippen LogP contribution in [-0.2, 0) is 21.3 Å². The van der Waals surface area contributed by atoms with Crippen molar-refractivity contribution in [2.24, 2.45) is 10.7 Å². The normalized spacial score (nSPS) is 16.3. The van der Waals surface area contributed by atoms with Crippen LogP contribution < -0.4 is 11.1 Å². The molecule has 9 nitrogen and oxygen atoms in total. The average Bonchev–Trinajstić information content (AvgIpc) is 2.68. The number of primary amides is 1. The third-order valence-electron chi connectivity index (χ3n) is 4.60. The number of carbonyl (C=O) groups is 1. The lowest BCUT2D eigenvalue weighted by atomic mass is 10.1. The molecule has 10 heteroatoms. The van der Waals surface area contributed by atoms with Crippen molar-refractivity contribution in [3.05, 3.63) is 35.4 Å². The minimum Gasteiger partial charge on any atom is -0.378 e. The van der Waals surface area contributed by atoms with Crippen LogP contribution in [0.15, 0.2) is 29.3 Å². The van der Waals surface area contributed by atoms with E-state index in [4.69, 9.17) is 10.5 Å². The number of ether oxygens (including phenoxy) is 1. The third kappa shape index (κ3) is 6.98. The van der Waals surface area contributed by atoms with Gasteiger partial charge in [-0.2, -0.15) is 4.31 Å². The molecule has 1 heterocycles. The van der Waals surface area contributed by atoms with E-state index in [0.717, 1.165) is 5.56 Å². The predicted octanol–water partition coefficient (Wildman–Crippen LogP) is 0.233. The number of rotatable bonds is 8. The van der Waals surface area contributed by atoms with Gasteiger partial charge in [-0.25, -0.2) is 8.42 Å². The molecule has 1 fully saturated rings. The lowest BCUT2D eigenvalue weighted by Gasteiger charge is -2.35. The highest BCUT2D eigenvalue weighted by Crippen LogP contribution is 2.10. The monoisotopic (exact) mass is 425 g/mol. The molecule has 1 amide bonds. The van der Waals surface area contributed by atoms with Crippen LogP contribution in [0.1, 0.15) is 29.8 Å². The van der Waals surface area contributed by atoms with E-state index in [1.165, 1.54) is 4.31 Å². The van der Waals surface area contributed by atoms with Crippen LogP contribution in [0, 0.1) is 0 Å². The summed E-state index contributed by atoms with van der Waals surface area (Å²) in [5.74, 6) is 0.218. The van der Waals surface area contributed by atoms with E-state index in [2.05, 4.69) is 10.3 Å². The zero-order chi connectivity index (χ0) is 21.4. The molecule has 0 aromatic heterocycles. The topological polar surface area (TPSA) is 117 Å². The fourth-order valence-electron chi connectivity index (χ4n) is 3.04. The van der Waals surface area contributed by atoms with Crippen molar-refractivity contribution in [3.8, 4) is 0 Å². The number of piperazine rings is 1. The summed E-state index contributed by atoms with van der Waals surface area (Å²) >= 11 is 0. The van der Waals surface area contributed by atoms with E-state index in [-0.39, 0.29) is 18.5 Å². The van der Waals surface area contributed by atoms with E-state index in [0.29, 0.717) is 44.2 Å². The largest absolute Gasteiger partial charge is 0.378 e. The van der Waals surface area contributed by atoms with Gasteiger partial charge in [-0.3, -0.25) is 9.79 Å². The Hall–Kier alpha value is -2.17. The molecule has 1 aromatic rings. The number of carbonyl (C=O) groups excluding carboxylic acids is 1. The maximum atomic E-state index is 12.5. The van der Waals surface area contributed by atoms with Crippen LogP contribution in [0.25, 0.3) is 0 Å². The number of aliphatic imine (C=N–C) groups is 1. The van der Waals surface area contributed by atoms with E-state index in [9.17, 15) is 13.2 Å². The van der Waals surface area contributed by atoms with Gasteiger partial charge in [0, 0.05) is 45.3 Å². The maximum absolute atomic E-state index is 12.5. The molecule has 0 saturated carbocycles. The van der Waals surface area contributed by atoms with Crippen molar-refractivity contribution in [3.63, 3.8) is 0 Å². The van der Waals surface area contributed by atoms with Gasteiger partial charge < -0.3 is 20.7 Å². The molecular weight excluding hydrogens is 394 g/mol. The molecule has 2 rings (SSSR count). The number of hydrogen-bond donors (Lipinski definition) is 2. The zero-order valence-electron chi connectivity index (χ0n) is 17.3. The molecule has 0 aliphatic carbocycles. The fourth-order valence-corrected chi connectivity index (χ4v) is 4.33. The Bertz CT molecular complexity index is 818. The molecule has 1 aromatic carbocycles. The quantitative estimate of drug-likeness (QED) is 0.455. The molecule has 162 valence electrons. The van der Waals surface area contributed by atoms with Gasteiger partial charge in [-0.05, 0) is 31.5 Å². The minimum absolute atomic E-state index is 0.00560. The van der Waals surface area contributed by atoms with Crippen molar-refractivity contribution in [2.45, 2.75) is 26.5 Å². The predicted molar refractivity (Wildman–Crippen MR) is 113 cm³/mol. The molecule has 0 spiro atoms. The number of nitrogens with zero attached hydrogens (tertiary/aromatic N) is 3. The van der Waals surface area contributed by atoms with Crippen molar-refractivity contribution < 1.29 is 17.9 Å². The van der Waals surface area contributed by atoms with Gasteiger partial charge in [-0.1, -0.05) is 12.1 Å². The highest BCUT2D eigenvalue weighted by atomic mass is 32.2. The lowest BCUT2D eigenvalue weighted by Crippen LogP contribution is -2.54. The van der Waals surface area contributed by atoms with Gasteiger partial charge in [-0.15, -0.1) is 0 Å². The van der Waals surface area contributed by atoms with E-state index >= 15 is 0 Å². The Labute approximate surface area is 173 Å². The van der Waals surface area contributed by atoms with Gasteiger partial charge in [0.15, 0.2) is 5.96 Å². The van der Waals surface area contributed by atoms with Crippen LogP contribution in [0.3, 0.4) is 0 Å². The molecule has 1 saturated heterocycles. The molecule has 0 atom stereocenters. The van der Waals surface area contributed by atoms with Gasteiger partial charge in [0.05, 0.1) is 18.5 Å².